The predicted molar refractivity (Wildman–Crippen MR) is 90.7 cm³/mol. The molecule has 114 valence electrons. The maximum atomic E-state index is 3.97. The van der Waals surface area contributed by atoms with Crippen molar-refractivity contribution in [3.8, 4) is 0 Å². The minimum atomic E-state index is 0.581. The van der Waals surface area contributed by atoms with Gasteiger partial charge in [-0.3, -0.25) is 4.57 Å². The molecule has 0 saturated carbocycles. The zero-order chi connectivity index (χ0) is 15.5. The summed E-state index contributed by atoms with van der Waals surface area (Å²) in [5.74, 6) is 0.581. The van der Waals surface area contributed by atoms with E-state index in [1.807, 2.05) is 10.6 Å². The molecule has 21 heavy (non-hydrogen) atoms. The molecule has 0 aliphatic carbocycles. The van der Waals surface area contributed by atoms with Crippen molar-refractivity contribution in [3.05, 3.63) is 55.7 Å². The molecule has 0 aliphatic rings. The van der Waals surface area contributed by atoms with Crippen LogP contribution in [0.15, 0.2) is 55.7 Å². The van der Waals surface area contributed by atoms with Crippen LogP contribution < -0.4 is 0 Å². The van der Waals surface area contributed by atoms with Crippen LogP contribution >= 0.6 is 0 Å². The lowest BCUT2D eigenvalue weighted by Crippen LogP contribution is -2.01. The Morgan fingerprint density at radius 1 is 1.10 bits per heavy atom. The van der Waals surface area contributed by atoms with Crippen LogP contribution in [0.2, 0.25) is 0 Å². The van der Waals surface area contributed by atoms with Gasteiger partial charge >= 0.3 is 0 Å². The summed E-state index contributed by atoms with van der Waals surface area (Å²) in [6, 6.07) is 0. The Morgan fingerprint density at radius 3 is 2.33 bits per heavy atom. The number of hydrogen-bond acceptors (Lipinski definition) is 2. The average molecular weight is 285 g/mol. The Bertz CT molecular complexity index is 481. The van der Waals surface area contributed by atoms with Crippen LogP contribution in [-0.4, -0.2) is 14.8 Å². The first-order chi connectivity index (χ1) is 10.3. The van der Waals surface area contributed by atoms with Crippen molar-refractivity contribution < 1.29 is 0 Å². The summed E-state index contributed by atoms with van der Waals surface area (Å²) >= 11 is 0. The fourth-order valence-electron chi connectivity index (χ4n) is 2.39. The van der Waals surface area contributed by atoms with Crippen molar-refractivity contribution in [3.63, 3.8) is 0 Å². The lowest BCUT2D eigenvalue weighted by atomic mass is 9.90. The Morgan fingerprint density at radius 2 is 1.81 bits per heavy atom. The number of unbranched alkanes of at least 4 members (excludes halogenated alkanes) is 2. The summed E-state index contributed by atoms with van der Waals surface area (Å²) in [5.41, 5.74) is 2.25. The van der Waals surface area contributed by atoms with Gasteiger partial charge in [0, 0.05) is 5.70 Å². The first-order valence-corrected chi connectivity index (χ1v) is 7.78. The number of rotatable bonds is 10. The second-order valence-corrected chi connectivity index (χ2v) is 5.14. The van der Waals surface area contributed by atoms with Crippen LogP contribution in [0.1, 0.15) is 46.0 Å². The number of nitrogens with zero attached hydrogens (tertiary/aromatic N) is 3. The van der Waals surface area contributed by atoms with Gasteiger partial charge < -0.3 is 0 Å². The van der Waals surface area contributed by atoms with E-state index in [9.17, 15) is 0 Å². The van der Waals surface area contributed by atoms with Crippen LogP contribution in [0.3, 0.4) is 0 Å². The van der Waals surface area contributed by atoms with Crippen LogP contribution in [0, 0.1) is 5.92 Å². The molecule has 0 aliphatic heterocycles. The molecule has 1 unspecified atom stereocenters. The third-order valence-corrected chi connectivity index (χ3v) is 3.73. The van der Waals surface area contributed by atoms with Gasteiger partial charge in [-0.05, 0) is 36.5 Å². The summed E-state index contributed by atoms with van der Waals surface area (Å²) in [6.07, 6.45) is 17.5. The average Bonchev–Trinajstić information content (AvgIpc) is 3.03. The first kappa shape index (κ1) is 17.2. The summed E-state index contributed by atoms with van der Waals surface area (Å²) in [5, 5.41) is 7.65. The second-order valence-electron chi connectivity index (χ2n) is 5.14. The topological polar surface area (TPSA) is 30.7 Å². The lowest BCUT2D eigenvalue weighted by molar-refractivity contribution is 0.512. The normalized spacial score (nSPS) is 14.0. The molecule has 0 bridgehead atoms. The van der Waals surface area contributed by atoms with Gasteiger partial charge in [-0.25, -0.2) is 0 Å². The summed E-state index contributed by atoms with van der Waals surface area (Å²) in [7, 11) is 0. The monoisotopic (exact) mass is 285 g/mol. The smallest absolute Gasteiger partial charge is 0.123 e. The molecule has 3 nitrogen and oxygen atoms in total. The Hall–Kier alpha value is -1.90. The molecule has 0 saturated heterocycles. The molecule has 0 N–H and O–H groups in total. The van der Waals surface area contributed by atoms with E-state index in [0.29, 0.717) is 5.92 Å². The minimum Gasteiger partial charge on any atom is -0.288 e. The van der Waals surface area contributed by atoms with E-state index in [0.717, 1.165) is 12.1 Å². The zero-order valence-corrected chi connectivity index (χ0v) is 13.3. The fourth-order valence-corrected chi connectivity index (χ4v) is 2.39. The zero-order valence-electron chi connectivity index (χ0n) is 13.3. The molecule has 0 radical (unpaired) electrons. The molecule has 0 spiro atoms. The lowest BCUT2D eigenvalue weighted by Gasteiger charge is -2.16. The van der Waals surface area contributed by atoms with Gasteiger partial charge in [0.1, 0.15) is 12.7 Å². The van der Waals surface area contributed by atoms with Crippen molar-refractivity contribution in [2.75, 3.05) is 0 Å². The molecule has 0 aromatic carbocycles. The predicted octanol–water partition coefficient (Wildman–Crippen LogP) is 5.02. The van der Waals surface area contributed by atoms with E-state index in [1.54, 1.807) is 18.7 Å². The third kappa shape index (κ3) is 5.54. The van der Waals surface area contributed by atoms with Crippen molar-refractivity contribution in [1.82, 2.24) is 14.8 Å². The van der Waals surface area contributed by atoms with E-state index in [-0.39, 0.29) is 0 Å². The summed E-state index contributed by atoms with van der Waals surface area (Å²) in [6.45, 7) is 12.3. The highest BCUT2D eigenvalue weighted by Gasteiger charge is 2.08. The molecular weight excluding hydrogens is 258 g/mol. The quantitative estimate of drug-likeness (QED) is 0.446. The van der Waals surface area contributed by atoms with Crippen LogP contribution in [0.4, 0.5) is 0 Å². The number of aromatic nitrogens is 3. The third-order valence-electron chi connectivity index (χ3n) is 3.73. The highest BCUT2D eigenvalue weighted by Crippen LogP contribution is 2.23. The van der Waals surface area contributed by atoms with Crippen molar-refractivity contribution in [1.29, 1.82) is 0 Å². The standard InChI is InChI=1S/C18H27N3/c1-5-9-10-11-16(6-2)17(7-3)12-13-18(8-4)21-14-19-20-15-21/h7-8,12-16H,3-6,9-11H2,1-2H3/b17-12+,18-13+. The Kier molecular flexibility index (Phi) is 8.10. The van der Waals surface area contributed by atoms with Crippen molar-refractivity contribution in [2.45, 2.75) is 46.0 Å². The summed E-state index contributed by atoms with van der Waals surface area (Å²) in [4.78, 5) is 0. The molecule has 1 aromatic rings. The molecule has 3 heteroatoms. The largest absolute Gasteiger partial charge is 0.288 e. The van der Waals surface area contributed by atoms with Gasteiger partial charge in [0.2, 0.25) is 0 Å². The van der Waals surface area contributed by atoms with Gasteiger partial charge in [0.15, 0.2) is 0 Å². The molecular formula is C18H27N3. The highest BCUT2D eigenvalue weighted by molar-refractivity contribution is 5.58. The Labute approximate surface area is 128 Å². The highest BCUT2D eigenvalue weighted by atomic mass is 15.2. The summed E-state index contributed by atoms with van der Waals surface area (Å²) < 4.78 is 1.85. The SMILES string of the molecule is C=C/C(=C\C=C(/C=C)n1cnnc1)C(CC)CCCCC. The number of hydrogen-bond donors (Lipinski definition) is 0. The molecule has 1 atom stereocenters. The van der Waals surface area contributed by atoms with Gasteiger partial charge in [0.05, 0.1) is 0 Å². The molecule has 1 rings (SSSR count). The number of allylic oxidation sites excluding steroid dienone is 6. The van der Waals surface area contributed by atoms with Crippen LogP contribution in [0.5, 0.6) is 0 Å². The second kappa shape index (κ2) is 9.92. The minimum absolute atomic E-state index is 0.581. The van der Waals surface area contributed by atoms with Gasteiger partial charge in [-0.15, -0.1) is 10.2 Å². The molecule has 0 fully saturated rings. The van der Waals surface area contributed by atoms with E-state index in [2.05, 4.69) is 49.4 Å². The molecule has 1 heterocycles. The maximum absolute atomic E-state index is 3.97. The van der Waals surface area contributed by atoms with E-state index in [1.165, 1.54) is 31.3 Å². The molecule has 0 amide bonds. The van der Waals surface area contributed by atoms with Gasteiger partial charge in [-0.1, -0.05) is 58.4 Å². The maximum Gasteiger partial charge on any atom is 0.123 e. The van der Waals surface area contributed by atoms with Crippen LogP contribution in [-0.2, 0) is 0 Å². The van der Waals surface area contributed by atoms with Crippen molar-refractivity contribution in [2.24, 2.45) is 5.92 Å². The van der Waals surface area contributed by atoms with Gasteiger partial charge in [-0.2, -0.15) is 0 Å². The van der Waals surface area contributed by atoms with E-state index < -0.39 is 0 Å². The first-order valence-electron chi connectivity index (χ1n) is 7.78. The van der Waals surface area contributed by atoms with Crippen molar-refractivity contribution >= 4 is 5.70 Å². The van der Waals surface area contributed by atoms with E-state index in [4.69, 9.17) is 0 Å². The fraction of sp³-hybridized carbons (Fsp3) is 0.444. The van der Waals surface area contributed by atoms with Crippen LogP contribution in [0.25, 0.3) is 5.70 Å². The Balaban J connectivity index is 2.85. The van der Waals surface area contributed by atoms with Gasteiger partial charge in [0.25, 0.3) is 0 Å². The molecule has 1 aromatic heterocycles. The van der Waals surface area contributed by atoms with E-state index >= 15 is 0 Å².